The maximum Gasteiger partial charge on any atom is 0.435 e. The van der Waals surface area contributed by atoms with E-state index in [0.29, 0.717) is 17.0 Å². The van der Waals surface area contributed by atoms with Crippen LogP contribution in [0.2, 0.25) is 0 Å². The summed E-state index contributed by atoms with van der Waals surface area (Å²) in [6.07, 6.45) is -4.46. The molecule has 0 spiro atoms. The number of halogens is 3. The molecule has 5 heteroatoms. The van der Waals surface area contributed by atoms with E-state index in [4.69, 9.17) is 0 Å². The van der Waals surface area contributed by atoms with E-state index in [-0.39, 0.29) is 0 Å². The maximum absolute atomic E-state index is 12.7. The van der Waals surface area contributed by atoms with Gasteiger partial charge in [0.25, 0.3) is 0 Å². The molecule has 0 fully saturated rings. The summed E-state index contributed by atoms with van der Waals surface area (Å²) in [4.78, 5) is 0. The van der Waals surface area contributed by atoms with Gasteiger partial charge in [0.15, 0.2) is 5.69 Å². The Morgan fingerprint density at radius 2 is 1.79 bits per heavy atom. The topological polar surface area (TPSA) is 17.8 Å². The largest absolute Gasteiger partial charge is 0.435 e. The zero-order chi connectivity index (χ0) is 14.2. The van der Waals surface area contributed by atoms with Gasteiger partial charge in [-0.1, -0.05) is 36.4 Å². The van der Waals surface area contributed by atoms with Crippen molar-refractivity contribution < 1.29 is 13.2 Å². The predicted molar refractivity (Wildman–Crippen MR) is 68.4 cm³/mol. The lowest BCUT2D eigenvalue weighted by molar-refractivity contribution is -0.141. The fourth-order valence-corrected chi connectivity index (χ4v) is 1.74. The third kappa shape index (κ3) is 2.70. The minimum absolute atomic E-state index is 0.389. The minimum Gasteiger partial charge on any atom is -0.238 e. The smallest absolute Gasteiger partial charge is 0.238 e. The molecule has 1 aromatic heterocycles. The van der Waals surface area contributed by atoms with E-state index in [1.54, 1.807) is 19.1 Å². The number of hydrogen-bond acceptors (Lipinski definition) is 1. The van der Waals surface area contributed by atoms with Crippen molar-refractivity contribution in [2.45, 2.75) is 20.0 Å². The molecule has 0 unspecified atom stereocenters. The molecule has 0 aliphatic rings. The number of hydrogen-bond donors (Lipinski definition) is 0. The van der Waals surface area contributed by atoms with Gasteiger partial charge in [0.05, 0.1) is 5.69 Å². The molecular weight excluding hydrogens is 253 g/mol. The average molecular weight is 266 g/mol. The summed E-state index contributed by atoms with van der Waals surface area (Å²) in [5.74, 6) is 0. The highest BCUT2D eigenvalue weighted by Gasteiger charge is 2.35. The van der Waals surface area contributed by atoms with Gasteiger partial charge < -0.3 is 0 Å². The molecule has 1 heterocycles. The molecular formula is C14H13F3N2. The first kappa shape index (κ1) is 13.4. The van der Waals surface area contributed by atoms with Gasteiger partial charge in [0.2, 0.25) is 0 Å². The van der Waals surface area contributed by atoms with E-state index >= 15 is 0 Å². The van der Waals surface area contributed by atoms with Gasteiger partial charge in [-0.3, -0.25) is 0 Å². The van der Waals surface area contributed by atoms with E-state index in [9.17, 15) is 13.2 Å². The van der Waals surface area contributed by atoms with Gasteiger partial charge >= 0.3 is 6.18 Å². The monoisotopic (exact) mass is 266 g/mol. The van der Waals surface area contributed by atoms with E-state index < -0.39 is 11.9 Å². The second-order valence-electron chi connectivity index (χ2n) is 4.43. The standard InChI is InChI=1S/C14H13F3N2/c1-9(2)19-12(8-13(18-19)14(15,16)17)11-6-4-10(3)5-7-11/h4-8H,1H2,2-3H3. The van der Waals surface area contributed by atoms with E-state index in [2.05, 4.69) is 11.7 Å². The van der Waals surface area contributed by atoms with Gasteiger partial charge in [-0.15, -0.1) is 0 Å². The Kier molecular flexibility index (Phi) is 3.22. The first-order chi connectivity index (χ1) is 8.79. The number of allylic oxidation sites excluding steroid dienone is 1. The van der Waals surface area contributed by atoms with Crippen molar-refractivity contribution in [3.8, 4) is 11.3 Å². The molecule has 0 radical (unpaired) electrons. The van der Waals surface area contributed by atoms with Gasteiger partial charge in [-0.25, -0.2) is 4.68 Å². The van der Waals surface area contributed by atoms with Gasteiger partial charge in [0.1, 0.15) is 0 Å². The molecule has 2 rings (SSSR count). The Morgan fingerprint density at radius 1 is 1.21 bits per heavy atom. The number of aromatic nitrogens is 2. The Balaban J connectivity index is 2.58. The second kappa shape index (κ2) is 4.57. The molecule has 0 saturated heterocycles. The molecule has 0 atom stereocenters. The second-order valence-corrected chi connectivity index (χ2v) is 4.43. The van der Waals surface area contributed by atoms with Crippen LogP contribution in [0.1, 0.15) is 18.2 Å². The van der Waals surface area contributed by atoms with Crippen LogP contribution in [0, 0.1) is 6.92 Å². The highest BCUT2D eigenvalue weighted by Crippen LogP contribution is 2.32. The molecule has 0 aliphatic heterocycles. The van der Waals surface area contributed by atoms with Crippen LogP contribution in [0.4, 0.5) is 13.2 Å². The zero-order valence-corrected chi connectivity index (χ0v) is 10.6. The fraction of sp³-hybridized carbons (Fsp3) is 0.214. The van der Waals surface area contributed by atoms with Crippen molar-refractivity contribution >= 4 is 5.70 Å². The lowest BCUT2D eigenvalue weighted by Crippen LogP contribution is -2.07. The van der Waals surface area contributed by atoms with Crippen molar-refractivity contribution in [3.63, 3.8) is 0 Å². The molecule has 2 aromatic rings. The van der Waals surface area contributed by atoms with Crippen LogP contribution in [0.3, 0.4) is 0 Å². The molecule has 0 aliphatic carbocycles. The lowest BCUT2D eigenvalue weighted by Gasteiger charge is -2.06. The van der Waals surface area contributed by atoms with Crippen LogP contribution < -0.4 is 0 Å². The van der Waals surface area contributed by atoms with E-state index in [1.807, 2.05) is 19.1 Å². The minimum atomic E-state index is -4.46. The molecule has 100 valence electrons. The summed E-state index contributed by atoms with van der Waals surface area (Å²) in [6, 6.07) is 8.27. The first-order valence-corrected chi connectivity index (χ1v) is 5.69. The van der Waals surface area contributed by atoms with Crippen molar-refractivity contribution in [2.75, 3.05) is 0 Å². The van der Waals surface area contributed by atoms with Gasteiger partial charge in [0, 0.05) is 11.3 Å². The van der Waals surface area contributed by atoms with Crippen LogP contribution in [0.15, 0.2) is 36.9 Å². The summed E-state index contributed by atoms with van der Waals surface area (Å²) in [6.45, 7) is 7.19. The van der Waals surface area contributed by atoms with E-state index in [0.717, 1.165) is 11.6 Å². The first-order valence-electron chi connectivity index (χ1n) is 5.69. The third-order valence-corrected chi connectivity index (χ3v) is 2.71. The normalized spacial score (nSPS) is 11.6. The van der Waals surface area contributed by atoms with Crippen LogP contribution >= 0.6 is 0 Å². The Bertz CT molecular complexity index is 607. The summed E-state index contributed by atoms with van der Waals surface area (Å²) in [5, 5.41) is 3.57. The van der Waals surface area contributed by atoms with E-state index in [1.165, 1.54) is 4.68 Å². The van der Waals surface area contributed by atoms with Crippen LogP contribution in [-0.2, 0) is 6.18 Å². The number of aryl methyl sites for hydroxylation is 1. The van der Waals surface area contributed by atoms with Crippen LogP contribution in [0.5, 0.6) is 0 Å². The third-order valence-electron chi connectivity index (χ3n) is 2.71. The average Bonchev–Trinajstić information content (AvgIpc) is 2.74. The lowest BCUT2D eigenvalue weighted by atomic mass is 10.1. The highest BCUT2D eigenvalue weighted by molar-refractivity contribution is 5.64. The molecule has 0 amide bonds. The Morgan fingerprint density at radius 3 is 2.26 bits per heavy atom. The fourth-order valence-electron chi connectivity index (χ4n) is 1.74. The SMILES string of the molecule is C=C(C)n1nc(C(F)(F)F)cc1-c1ccc(C)cc1. The van der Waals surface area contributed by atoms with Crippen LogP contribution in [0.25, 0.3) is 17.0 Å². The molecule has 19 heavy (non-hydrogen) atoms. The van der Waals surface area contributed by atoms with Crippen molar-refractivity contribution in [3.05, 3.63) is 48.2 Å². The Labute approximate surface area is 109 Å². The maximum atomic E-state index is 12.7. The highest BCUT2D eigenvalue weighted by atomic mass is 19.4. The molecule has 2 nitrogen and oxygen atoms in total. The predicted octanol–water partition coefficient (Wildman–Crippen LogP) is 4.37. The summed E-state index contributed by atoms with van der Waals surface area (Å²) in [5.41, 5.74) is 1.63. The van der Waals surface area contributed by atoms with Crippen molar-refractivity contribution in [2.24, 2.45) is 0 Å². The Hall–Kier alpha value is -2.04. The molecule has 0 N–H and O–H groups in total. The number of rotatable bonds is 2. The molecule has 1 aromatic carbocycles. The number of alkyl halides is 3. The van der Waals surface area contributed by atoms with Crippen molar-refractivity contribution in [1.82, 2.24) is 9.78 Å². The zero-order valence-electron chi connectivity index (χ0n) is 10.6. The van der Waals surface area contributed by atoms with Crippen molar-refractivity contribution in [1.29, 1.82) is 0 Å². The van der Waals surface area contributed by atoms with Gasteiger partial charge in [-0.05, 0) is 19.9 Å². The quantitative estimate of drug-likeness (QED) is 0.789. The molecule has 0 bridgehead atoms. The summed E-state index contributed by atoms with van der Waals surface area (Å²) < 4.78 is 39.4. The summed E-state index contributed by atoms with van der Waals surface area (Å²) >= 11 is 0. The van der Waals surface area contributed by atoms with Gasteiger partial charge in [-0.2, -0.15) is 18.3 Å². The summed E-state index contributed by atoms with van der Waals surface area (Å²) in [7, 11) is 0. The number of benzene rings is 1. The number of nitrogens with zero attached hydrogens (tertiary/aromatic N) is 2. The molecule has 0 saturated carbocycles. The van der Waals surface area contributed by atoms with Crippen LogP contribution in [-0.4, -0.2) is 9.78 Å².